The molecule has 2 heterocycles. The Bertz CT molecular complexity index is 696. The van der Waals surface area contributed by atoms with E-state index in [4.69, 9.17) is 0 Å². The Balaban J connectivity index is 2.29. The summed E-state index contributed by atoms with van der Waals surface area (Å²) >= 11 is 1.44. The third-order valence-electron chi connectivity index (χ3n) is 2.74. The van der Waals surface area contributed by atoms with Crippen molar-refractivity contribution in [2.24, 2.45) is 0 Å². The van der Waals surface area contributed by atoms with E-state index in [0.29, 0.717) is 11.4 Å². The molecule has 0 fully saturated rings. The minimum Gasteiger partial charge on any atom is -0.310 e. The first-order valence-corrected chi connectivity index (χ1v) is 8.87. The predicted octanol–water partition coefficient (Wildman–Crippen LogP) is 2.15. The summed E-state index contributed by atoms with van der Waals surface area (Å²) in [6, 6.07) is 3.49. The minimum atomic E-state index is -3.66. The average Bonchev–Trinajstić information content (AvgIpc) is 2.79. The number of aryl methyl sites for hydroxylation is 1. The molecule has 8 heteroatoms. The molecule has 21 heavy (non-hydrogen) atoms. The smallest absolute Gasteiger partial charge is 0.264 e. The fourth-order valence-corrected chi connectivity index (χ4v) is 4.57. The normalized spacial score (nSPS) is 11.8. The number of nitrogens with zero attached hydrogens (tertiary/aromatic N) is 2. The Labute approximate surface area is 128 Å². The van der Waals surface area contributed by atoms with Crippen LogP contribution in [0.2, 0.25) is 0 Å². The molecule has 0 atom stereocenters. The van der Waals surface area contributed by atoms with Gasteiger partial charge in [-0.2, -0.15) is 5.10 Å². The van der Waals surface area contributed by atoms with Crippen LogP contribution in [0.15, 0.2) is 28.6 Å². The van der Waals surface area contributed by atoms with Crippen LogP contribution in [0.3, 0.4) is 0 Å². The van der Waals surface area contributed by atoms with E-state index >= 15 is 0 Å². The van der Waals surface area contributed by atoms with Gasteiger partial charge in [-0.25, -0.2) is 8.42 Å². The molecule has 114 valence electrons. The highest BCUT2D eigenvalue weighted by molar-refractivity contribution is 7.93. The minimum absolute atomic E-state index is 0.214. The van der Waals surface area contributed by atoms with Gasteiger partial charge in [-0.3, -0.25) is 4.72 Å². The van der Waals surface area contributed by atoms with E-state index in [1.807, 2.05) is 19.2 Å². The van der Waals surface area contributed by atoms with Crippen molar-refractivity contribution >= 4 is 27.2 Å². The van der Waals surface area contributed by atoms with Crippen molar-refractivity contribution in [1.29, 1.82) is 0 Å². The van der Waals surface area contributed by atoms with Crippen LogP contribution in [-0.4, -0.2) is 24.7 Å². The molecular formula is C13H18N4O2S2. The Kier molecular flexibility index (Phi) is 4.92. The van der Waals surface area contributed by atoms with Gasteiger partial charge >= 0.3 is 0 Å². The second-order valence-electron chi connectivity index (χ2n) is 4.92. The lowest BCUT2D eigenvalue weighted by Crippen LogP contribution is -2.23. The van der Waals surface area contributed by atoms with E-state index in [9.17, 15) is 8.42 Å². The van der Waals surface area contributed by atoms with Gasteiger partial charge < -0.3 is 5.32 Å². The average molecular weight is 326 g/mol. The molecule has 2 aromatic rings. The van der Waals surface area contributed by atoms with E-state index in [0.717, 1.165) is 10.4 Å². The number of hydrogen-bond donors (Lipinski definition) is 2. The van der Waals surface area contributed by atoms with E-state index in [2.05, 4.69) is 20.2 Å². The molecule has 0 amide bonds. The number of aromatic nitrogens is 2. The summed E-state index contributed by atoms with van der Waals surface area (Å²) in [5, 5.41) is 12.5. The van der Waals surface area contributed by atoms with Crippen LogP contribution in [0.25, 0.3) is 0 Å². The second-order valence-corrected chi connectivity index (χ2v) is 7.50. The summed E-state index contributed by atoms with van der Waals surface area (Å²) in [5.41, 5.74) is 0.733. The molecule has 0 bridgehead atoms. The first kappa shape index (κ1) is 15.9. The standard InChI is InChI=1S/C13H18N4O2S2/c1-9(2)14-7-11-13(10(3)8-20-11)21(18,19)17-12-5-4-6-15-16-12/h4-6,8-9,14H,7H2,1-3H3,(H,16,17). The number of sulfonamides is 1. The molecule has 2 rings (SSSR count). The Morgan fingerprint density at radius 1 is 1.38 bits per heavy atom. The van der Waals surface area contributed by atoms with Gasteiger partial charge in [0.1, 0.15) is 4.90 Å². The van der Waals surface area contributed by atoms with Gasteiger partial charge in [-0.05, 0) is 30.0 Å². The molecule has 0 saturated carbocycles. The highest BCUT2D eigenvalue weighted by Crippen LogP contribution is 2.28. The summed E-state index contributed by atoms with van der Waals surface area (Å²) in [4.78, 5) is 1.11. The highest BCUT2D eigenvalue weighted by atomic mass is 32.2. The van der Waals surface area contributed by atoms with Gasteiger partial charge in [0.15, 0.2) is 5.82 Å². The fourth-order valence-electron chi connectivity index (χ4n) is 1.81. The molecule has 2 N–H and O–H groups in total. The summed E-state index contributed by atoms with van der Waals surface area (Å²) in [6.07, 6.45) is 1.49. The first-order valence-electron chi connectivity index (χ1n) is 6.51. The van der Waals surface area contributed by atoms with Crippen LogP contribution in [0.1, 0.15) is 24.3 Å². The predicted molar refractivity (Wildman–Crippen MR) is 83.9 cm³/mol. The Morgan fingerprint density at radius 3 is 2.76 bits per heavy atom. The third kappa shape index (κ3) is 3.99. The van der Waals surface area contributed by atoms with Gasteiger partial charge in [0.2, 0.25) is 0 Å². The SMILES string of the molecule is Cc1csc(CNC(C)C)c1S(=O)(=O)Nc1cccnn1. The lowest BCUT2D eigenvalue weighted by molar-refractivity contribution is 0.581. The molecule has 0 spiro atoms. The third-order valence-corrected chi connectivity index (χ3v) is 5.56. The van der Waals surface area contributed by atoms with Gasteiger partial charge in [-0.15, -0.1) is 16.4 Å². The molecule has 2 aromatic heterocycles. The maximum Gasteiger partial charge on any atom is 0.264 e. The van der Waals surface area contributed by atoms with Gasteiger partial charge in [0.25, 0.3) is 10.0 Å². The molecule has 0 aliphatic rings. The number of nitrogens with one attached hydrogen (secondary N) is 2. The largest absolute Gasteiger partial charge is 0.310 e. The molecule has 0 unspecified atom stereocenters. The molecule has 0 aromatic carbocycles. The lowest BCUT2D eigenvalue weighted by Gasteiger charge is -2.11. The molecule has 0 saturated heterocycles. The van der Waals surface area contributed by atoms with Crippen molar-refractivity contribution in [3.05, 3.63) is 34.2 Å². The van der Waals surface area contributed by atoms with Gasteiger partial charge in [0.05, 0.1) is 0 Å². The van der Waals surface area contributed by atoms with Crippen molar-refractivity contribution in [3.63, 3.8) is 0 Å². The van der Waals surface area contributed by atoms with E-state index in [1.54, 1.807) is 19.1 Å². The van der Waals surface area contributed by atoms with Gasteiger partial charge in [0, 0.05) is 23.7 Å². The van der Waals surface area contributed by atoms with Crippen LogP contribution in [0.5, 0.6) is 0 Å². The van der Waals surface area contributed by atoms with Gasteiger partial charge in [-0.1, -0.05) is 13.8 Å². The number of anilines is 1. The number of rotatable bonds is 6. The Morgan fingerprint density at radius 2 is 2.14 bits per heavy atom. The van der Waals surface area contributed by atoms with Crippen LogP contribution >= 0.6 is 11.3 Å². The molecular weight excluding hydrogens is 308 g/mol. The van der Waals surface area contributed by atoms with Crippen LogP contribution in [0, 0.1) is 6.92 Å². The zero-order valence-corrected chi connectivity index (χ0v) is 13.8. The molecule has 0 radical (unpaired) electrons. The van der Waals surface area contributed by atoms with Crippen molar-refractivity contribution in [2.75, 3.05) is 4.72 Å². The zero-order chi connectivity index (χ0) is 15.5. The Hall–Kier alpha value is -1.51. The second kappa shape index (κ2) is 6.50. The van der Waals surface area contributed by atoms with Crippen molar-refractivity contribution in [2.45, 2.75) is 38.3 Å². The molecule has 6 nitrogen and oxygen atoms in total. The van der Waals surface area contributed by atoms with Crippen molar-refractivity contribution < 1.29 is 8.42 Å². The summed E-state index contributed by atoms with van der Waals surface area (Å²) in [7, 11) is -3.66. The summed E-state index contributed by atoms with van der Waals surface area (Å²) in [5.74, 6) is 0.214. The maximum atomic E-state index is 12.5. The molecule has 0 aliphatic carbocycles. The van der Waals surface area contributed by atoms with Crippen molar-refractivity contribution in [1.82, 2.24) is 15.5 Å². The van der Waals surface area contributed by atoms with E-state index < -0.39 is 10.0 Å². The summed E-state index contributed by atoms with van der Waals surface area (Å²) in [6.45, 7) is 6.35. The first-order chi connectivity index (χ1) is 9.90. The van der Waals surface area contributed by atoms with Crippen LogP contribution in [0.4, 0.5) is 5.82 Å². The summed E-state index contributed by atoms with van der Waals surface area (Å²) < 4.78 is 27.6. The fraction of sp³-hybridized carbons (Fsp3) is 0.385. The van der Waals surface area contributed by atoms with Crippen molar-refractivity contribution in [3.8, 4) is 0 Å². The number of hydrogen-bond acceptors (Lipinski definition) is 6. The van der Waals surface area contributed by atoms with E-state index in [1.165, 1.54) is 17.5 Å². The monoisotopic (exact) mass is 326 g/mol. The zero-order valence-electron chi connectivity index (χ0n) is 12.1. The highest BCUT2D eigenvalue weighted by Gasteiger charge is 2.23. The van der Waals surface area contributed by atoms with Crippen LogP contribution < -0.4 is 10.0 Å². The number of thiophene rings is 1. The van der Waals surface area contributed by atoms with Crippen LogP contribution in [-0.2, 0) is 16.6 Å². The lowest BCUT2D eigenvalue weighted by atomic mass is 10.3. The topological polar surface area (TPSA) is 84.0 Å². The quantitative estimate of drug-likeness (QED) is 0.850. The maximum absolute atomic E-state index is 12.5. The van der Waals surface area contributed by atoms with E-state index in [-0.39, 0.29) is 11.9 Å². The molecule has 0 aliphatic heterocycles.